The van der Waals surface area contributed by atoms with E-state index in [2.05, 4.69) is 13.8 Å². The Kier molecular flexibility index (Phi) is 7.84. The molecule has 1 atom stereocenters. The van der Waals surface area contributed by atoms with E-state index in [4.69, 9.17) is 4.98 Å². The van der Waals surface area contributed by atoms with Crippen LogP contribution in [0.2, 0.25) is 0 Å². The van der Waals surface area contributed by atoms with Crippen molar-refractivity contribution in [3.63, 3.8) is 0 Å². The predicted octanol–water partition coefficient (Wildman–Crippen LogP) is 5.82. The first-order valence-corrected chi connectivity index (χ1v) is 11.8. The summed E-state index contributed by atoms with van der Waals surface area (Å²) in [5, 5.41) is 0.584. The van der Waals surface area contributed by atoms with E-state index in [1.807, 2.05) is 74.2 Å². The molecule has 0 bridgehead atoms. The third kappa shape index (κ3) is 4.93. The SMILES string of the molecule is CCCCCN(C(=O)C(C)C)C(CC)c1nc2ccccc2c(=O)n1-c1cccc(C)c1. The molecule has 0 aliphatic carbocycles. The summed E-state index contributed by atoms with van der Waals surface area (Å²) in [4.78, 5) is 33.9. The minimum atomic E-state index is -0.278. The number of benzene rings is 2. The summed E-state index contributed by atoms with van der Waals surface area (Å²) < 4.78 is 1.71. The molecule has 2 aromatic carbocycles. The molecule has 170 valence electrons. The fraction of sp³-hybridized carbons (Fsp3) is 0.444. The van der Waals surface area contributed by atoms with Gasteiger partial charge >= 0.3 is 0 Å². The fourth-order valence-electron chi connectivity index (χ4n) is 4.22. The lowest BCUT2D eigenvalue weighted by atomic mass is 10.1. The Balaban J connectivity index is 2.26. The summed E-state index contributed by atoms with van der Waals surface area (Å²) in [6, 6.07) is 15.1. The molecule has 0 aliphatic rings. The maximum Gasteiger partial charge on any atom is 0.266 e. The van der Waals surface area contributed by atoms with Crippen LogP contribution < -0.4 is 5.56 Å². The number of para-hydroxylation sites is 1. The lowest BCUT2D eigenvalue weighted by molar-refractivity contribution is -0.137. The molecule has 0 fully saturated rings. The van der Waals surface area contributed by atoms with Gasteiger partial charge in [0.15, 0.2) is 0 Å². The van der Waals surface area contributed by atoms with Crippen molar-refractivity contribution in [2.45, 2.75) is 66.3 Å². The zero-order valence-electron chi connectivity index (χ0n) is 20.0. The smallest absolute Gasteiger partial charge is 0.266 e. The molecule has 0 aliphatic heterocycles. The zero-order valence-corrected chi connectivity index (χ0v) is 20.0. The summed E-state index contributed by atoms with van der Waals surface area (Å²) >= 11 is 0. The Morgan fingerprint density at radius 2 is 1.81 bits per heavy atom. The number of carbonyl (C=O) groups excluding carboxylic acids is 1. The fourth-order valence-corrected chi connectivity index (χ4v) is 4.22. The van der Waals surface area contributed by atoms with Crippen molar-refractivity contribution in [3.8, 4) is 5.69 Å². The van der Waals surface area contributed by atoms with Gasteiger partial charge in [0.05, 0.1) is 22.6 Å². The molecule has 0 saturated carbocycles. The van der Waals surface area contributed by atoms with Gasteiger partial charge in [-0.3, -0.25) is 14.2 Å². The number of nitrogens with zero attached hydrogens (tertiary/aromatic N) is 3. The number of amides is 1. The molecule has 1 amide bonds. The lowest BCUT2D eigenvalue weighted by Crippen LogP contribution is -2.41. The Hall–Kier alpha value is -2.95. The van der Waals surface area contributed by atoms with Crippen molar-refractivity contribution in [2.24, 2.45) is 5.92 Å². The quantitative estimate of drug-likeness (QED) is 0.400. The monoisotopic (exact) mass is 433 g/mol. The van der Waals surface area contributed by atoms with Crippen LogP contribution >= 0.6 is 0 Å². The van der Waals surface area contributed by atoms with Crippen molar-refractivity contribution in [1.82, 2.24) is 14.5 Å². The van der Waals surface area contributed by atoms with E-state index in [0.29, 0.717) is 29.7 Å². The summed E-state index contributed by atoms with van der Waals surface area (Å²) in [6.07, 6.45) is 3.77. The van der Waals surface area contributed by atoms with Crippen LogP contribution in [0.15, 0.2) is 53.3 Å². The molecule has 1 heterocycles. The van der Waals surface area contributed by atoms with E-state index in [1.165, 1.54) is 0 Å². The minimum Gasteiger partial charge on any atom is -0.332 e. The molecule has 0 N–H and O–H groups in total. The number of hydrogen-bond donors (Lipinski definition) is 0. The highest BCUT2D eigenvalue weighted by Crippen LogP contribution is 2.28. The van der Waals surface area contributed by atoms with Crippen molar-refractivity contribution < 1.29 is 4.79 Å². The van der Waals surface area contributed by atoms with Crippen molar-refractivity contribution in [3.05, 3.63) is 70.3 Å². The van der Waals surface area contributed by atoms with Gasteiger partial charge in [-0.2, -0.15) is 0 Å². The van der Waals surface area contributed by atoms with Gasteiger partial charge in [-0.25, -0.2) is 4.98 Å². The van der Waals surface area contributed by atoms with E-state index in [-0.39, 0.29) is 23.4 Å². The van der Waals surface area contributed by atoms with E-state index in [9.17, 15) is 9.59 Å². The van der Waals surface area contributed by atoms with Gasteiger partial charge < -0.3 is 4.90 Å². The summed E-state index contributed by atoms with van der Waals surface area (Å²) in [5.74, 6) is 0.615. The maximum absolute atomic E-state index is 13.7. The third-order valence-electron chi connectivity index (χ3n) is 5.90. The van der Waals surface area contributed by atoms with Gasteiger partial charge in [0.2, 0.25) is 5.91 Å². The minimum absolute atomic E-state index is 0.0971. The summed E-state index contributed by atoms with van der Waals surface area (Å²) in [5.41, 5.74) is 2.42. The molecule has 1 unspecified atom stereocenters. The van der Waals surface area contributed by atoms with Crippen molar-refractivity contribution >= 4 is 16.8 Å². The van der Waals surface area contributed by atoms with Crippen LogP contribution in [-0.4, -0.2) is 26.9 Å². The first-order valence-electron chi connectivity index (χ1n) is 11.8. The number of fused-ring (bicyclic) bond motifs is 1. The molecular weight excluding hydrogens is 398 g/mol. The Labute approximate surface area is 191 Å². The van der Waals surface area contributed by atoms with Gasteiger partial charge in [-0.1, -0.05) is 64.8 Å². The van der Waals surface area contributed by atoms with Crippen LogP contribution in [0.25, 0.3) is 16.6 Å². The van der Waals surface area contributed by atoms with Gasteiger partial charge in [0.1, 0.15) is 5.82 Å². The molecule has 1 aromatic heterocycles. The average Bonchev–Trinajstić information content (AvgIpc) is 2.78. The van der Waals surface area contributed by atoms with Crippen molar-refractivity contribution in [2.75, 3.05) is 6.54 Å². The molecule has 5 heteroatoms. The maximum atomic E-state index is 13.7. The molecular formula is C27H35N3O2. The largest absolute Gasteiger partial charge is 0.332 e. The highest BCUT2D eigenvalue weighted by Gasteiger charge is 2.29. The standard InChI is InChI=1S/C27H35N3O2/c1-6-8-11-17-29(26(31)19(3)4)24(7-2)25-28-23-16-10-9-15-22(23)27(32)30(25)21-14-12-13-20(5)18-21/h9-10,12-16,18-19,24H,6-8,11,17H2,1-5H3. The molecule has 3 aromatic rings. The first-order chi connectivity index (χ1) is 15.4. The van der Waals surface area contributed by atoms with Crippen LogP contribution in [0.4, 0.5) is 0 Å². The zero-order chi connectivity index (χ0) is 23.3. The summed E-state index contributed by atoms with van der Waals surface area (Å²) in [7, 11) is 0. The average molecular weight is 434 g/mol. The first kappa shape index (κ1) is 23.7. The van der Waals surface area contributed by atoms with Crippen LogP contribution in [0.1, 0.15) is 70.8 Å². The number of unbranched alkanes of at least 4 members (excludes halogenated alkanes) is 2. The second-order valence-electron chi connectivity index (χ2n) is 8.78. The van der Waals surface area contributed by atoms with E-state index >= 15 is 0 Å². The number of hydrogen-bond acceptors (Lipinski definition) is 3. The normalized spacial score (nSPS) is 12.3. The molecule has 32 heavy (non-hydrogen) atoms. The topological polar surface area (TPSA) is 55.2 Å². The molecule has 0 spiro atoms. The highest BCUT2D eigenvalue weighted by molar-refractivity contribution is 5.80. The second kappa shape index (κ2) is 10.6. The molecule has 0 radical (unpaired) electrons. The van der Waals surface area contributed by atoms with Crippen LogP contribution in [0, 0.1) is 12.8 Å². The van der Waals surface area contributed by atoms with Gasteiger partial charge in [-0.15, -0.1) is 0 Å². The highest BCUT2D eigenvalue weighted by atomic mass is 16.2. The van der Waals surface area contributed by atoms with Crippen LogP contribution in [0.5, 0.6) is 0 Å². The number of aromatic nitrogens is 2. The molecule has 5 nitrogen and oxygen atoms in total. The van der Waals surface area contributed by atoms with Crippen LogP contribution in [0.3, 0.4) is 0 Å². The number of carbonyl (C=O) groups is 1. The molecule has 3 rings (SSSR count). The third-order valence-corrected chi connectivity index (χ3v) is 5.90. The summed E-state index contributed by atoms with van der Waals surface area (Å²) in [6.45, 7) is 10.8. The Bertz CT molecular complexity index is 1130. The molecule has 0 saturated heterocycles. The Morgan fingerprint density at radius 1 is 1.06 bits per heavy atom. The van der Waals surface area contributed by atoms with E-state index < -0.39 is 0 Å². The van der Waals surface area contributed by atoms with Crippen molar-refractivity contribution in [1.29, 1.82) is 0 Å². The van der Waals surface area contributed by atoms with Gasteiger partial charge in [-0.05, 0) is 49.6 Å². The number of aryl methyl sites for hydroxylation is 1. The second-order valence-corrected chi connectivity index (χ2v) is 8.78. The van der Waals surface area contributed by atoms with E-state index in [1.54, 1.807) is 4.57 Å². The van der Waals surface area contributed by atoms with Gasteiger partial charge in [0.25, 0.3) is 5.56 Å². The predicted molar refractivity (Wildman–Crippen MR) is 131 cm³/mol. The Morgan fingerprint density at radius 3 is 2.47 bits per heavy atom. The lowest BCUT2D eigenvalue weighted by Gasteiger charge is -2.33. The van der Waals surface area contributed by atoms with Crippen LogP contribution in [-0.2, 0) is 4.79 Å². The van der Waals surface area contributed by atoms with E-state index in [0.717, 1.165) is 30.5 Å². The number of rotatable bonds is 9. The van der Waals surface area contributed by atoms with Gasteiger partial charge in [0, 0.05) is 12.5 Å².